The number of rotatable bonds is 2. The molecule has 0 aliphatic heterocycles. The minimum Gasteiger partial charge on any atom is -0.403 e. The van der Waals surface area contributed by atoms with Gasteiger partial charge < -0.3 is 4.42 Å². The molecule has 1 heterocycles. The van der Waals surface area contributed by atoms with E-state index >= 15 is 0 Å². The summed E-state index contributed by atoms with van der Waals surface area (Å²) in [6, 6.07) is 5.61. The molecule has 15 heavy (non-hydrogen) atoms. The van der Waals surface area contributed by atoms with Crippen molar-refractivity contribution in [2.24, 2.45) is 0 Å². The van der Waals surface area contributed by atoms with Crippen molar-refractivity contribution in [3.05, 3.63) is 30.1 Å². The van der Waals surface area contributed by atoms with E-state index in [1.54, 1.807) is 6.19 Å². The molecule has 0 bridgehead atoms. The molecule has 0 saturated heterocycles. The summed E-state index contributed by atoms with van der Waals surface area (Å²) in [4.78, 5) is 0. The van der Waals surface area contributed by atoms with Crippen molar-refractivity contribution in [2.75, 3.05) is 5.32 Å². The van der Waals surface area contributed by atoms with Crippen LogP contribution in [0.3, 0.4) is 0 Å². The zero-order valence-electron chi connectivity index (χ0n) is 7.44. The maximum absolute atomic E-state index is 12.6. The van der Waals surface area contributed by atoms with Crippen LogP contribution in [0, 0.1) is 17.3 Å². The maximum atomic E-state index is 12.6. The molecule has 74 valence electrons. The Hall–Kier alpha value is -2.42. The van der Waals surface area contributed by atoms with Crippen molar-refractivity contribution in [3.8, 4) is 17.6 Å². The summed E-state index contributed by atoms with van der Waals surface area (Å²) in [7, 11) is 0. The van der Waals surface area contributed by atoms with Gasteiger partial charge in [0.25, 0.3) is 0 Å². The van der Waals surface area contributed by atoms with Crippen molar-refractivity contribution >= 4 is 6.01 Å². The Morgan fingerprint density at radius 2 is 2.00 bits per heavy atom. The summed E-state index contributed by atoms with van der Waals surface area (Å²) in [6.07, 6.45) is 1.65. The van der Waals surface area contributed by atoms with Gasteiger partial charge in [-0.15, -0.1) is 5.10 Å². The standard InChI is InChI=1S/C9H5FN4O/c10-7-3-1-6(2-4-7)8-13-14-9(15-8)12-5-11/h1-4H,(H,12,14). The highest BCUT2D eigenvalue weighted by molar-refractivity contribution is 5.53. The molecule has 2 aromatic rings. The van der Waals surface area contributed by atoms with Crippen LogP contribution in [-0.4, -0.2) is 10.2 Å². The highest BCUT2D eigenvalue weighted by Gasteiger charge is 2.07. The van der Waals surface area contributed by atoms with Gasteiger partial charge in [-0.3, -0.25) is 0 Å². The number of hydrogen-bond donors (Lipinski definition) is 1. The lowest BCUT2D eigenvalue weighted by Gasteiger charge is -1.92. The van der Waals surface area contributed by atoms with E-state index < -0.39 is 0 Å². The van der Waals surface area contributed by atoms with Crippen LogP contribution in [0.1, 0.15) is 0 Å². The zero-order chi connectivity index (χ0) is 10.7. The van der Waals surface area contributed by atoms with E-state index in [1.165, 1.54) is 24.3 Å². The van der Waals surface area contributed by atoms with Crippen LogP contribution in [0.15, 0.2) is 28.7 Å². The summed E-state index contributed by atoms with van der Waals surface area (Å²) in [5, 5.41) is 17.7. The molecule has 0 unspecified atom stereocenters. The lowest BCUT2D eigenvalue weighted by atomic mass is 10.2. The largest absolute Gasteiger partial charge is 0.403 e. The Labute approximate surface area is 84.2 Å². The summed E-state index contributed by atoms with van der Waals surface area (Å²) >= 11 is 0. The van der Waals surface area contributed by atoms with Crippen LogP contribution in [0.5, 0.6) is 0 Å². The first-order chi connectivity index (χ1) is 7.29. The van der Waals surface area contributed by atoms with Crippen molar-refractivity contribution in [1.82, 2.24) is 10.2 Å². The van der Waals surface area contributed by atoms with Crippen molar-refractivity contribution < 1.29 is 8.81 Å². The Morgan fingerprint density at radius 3 is 2.67 bits per heavy atom. The predicted octanol–water partition coefficient (Wildman–Crippen LogP) is 1.77. The monoisotopic (exact) mass is 204 g/mol. The number of nitrogens with one attached hydrogen (secondary N) is 1. The third kappa shape index (κ3) is 1.91. The van der Waals surface area contributed by atoms with Gasteiger partial charge in [0.05, 0.1) is 0 Å². The second-order valence-corrected chi connectivity index (χ2v) is 2.66. The number of nitriles is 1. The minimum atomic E-state index is -0.339. The van der Waals surface area contributed by atoms with Crippen LogP contribution in [0.25, 0.3) is 11.5 Å². The van der Waals surface area contributed by atoms with Gasteiger partial charge >= 0.3 is 6.01 Å². The van der Waals surface area contributed by atoms with Crippen LogP contribution in [-0.2, 0) is 0 Å². The van der Waals surface area contributed by atoms with Gasteiger partial charge in [-0.1, -0.05) is 5.10 Å². The van der Waals surface area contributed by atoms with Crippen LogP contribution >= 0.6 is 0 Å². The average Bonchev–Trinajstić information content (AvgIpc) is 2.68. The van der Waals surface area contributed by atoms with Gasteiger partial charge in [0.1, 0.15) is 5.82 Å². The Morgan fingerprint density at radius 1 is 1.27 bits per heavy atom. The van der Waals surface area contributed by atoms with E-state index in [-0.39, 0.29) is 17.7 Å². The number of halogens is 1. The second-order valence-electron chi connectivity index (χ2n) is 2.66. The molecule has 0 spiro atoms. The summed E-state index contributed by atoms with van der Waals surface area (Å²) in [5.74, 6) is -0.110. The average molecular weight is 204 g/mol. The lowest BCUT2D eigenvalue weighted by molar-refractivity contribution is 0.587. The fraction of sp³-hybridized carbons (Fsp3) is 0. The highest BCUT2D eigenvalue weighted by Crippen LogP contribution is 2.19. The zero-order valence-corrected chi connectivity index (χ0v) is 7.44. The molecular weight excluding hydrogens is 199 g/mol. The molecule has 0 aliphatic rings. The van der Waals surface area contributed by atoms with Gasteiger partial charge in [-0.2, -0.15) is 5.26 Å². The summed E-state index contributed by atoms with van der Waals surface area (Å²) in [6.45, 7) is 0. The van der Waals surface area contributed by atoms with Gasteiger partial charge in [0.2, 0.25) is 5.89 Å². The molecule has 0 atom stereocenters. The van der Waals surface area contributed by atoms with Crippen LogP contribution < -0.4 is 5.32 Å². The Kier molecular flexibility index (Phi) is 2.29. The Bertz CT molecular complexity index is 500. The molecule has 0 amide bonds. The molecule has 1 aromatic heterocycles. The van der Waals surface area contributed by atoms with E-state index in [0.717, 1.165) is 0 Å². The third-order valence-corrected chi connectivity index (χ3v) is 1.68. The van der Waals surface area contributed by atoms with E-state index in [4.69, 9.17) is 9.68 Å². The summed E-state index contributed by atoms with van der Waals surface area (Å²) < 4.78 is 17.7. The van der Waals surface area contributed by atoms with Crippen molar-refractivity contribution in [2.45, 2.75) is 0 Å². The maximum Gasteiger partial charge on any atom is 0.329 e. The number of aromatic nitrogens is 2. The molecule has 2 rings (SSSR count). The molecule has 0 aliphatic carbocycles. The molecule has 0 saturated carbocycles. The van der Waals surface area contributed by atoms with Gasteiger partial charge in [-0.05, 0) is 24.3 Å². The van der Waals surface area contributed by atoms with E-state index in [0.29, 0.717) is 5.56 Å². The minimum absolute atomic E-state index is 0.0109. The predicted molar refractivity (Wildman–Crippen MR) is 48.9 cm³/mol. The number of anilines is 1. The SMILES string of the molecule is N#CNc1nnc(-c2ccc(F)cc2)o1. The van der Waals surface area contributed by atoms with Crippen LogP contribution in [0.2, 0.25) is 0 Å². The second kappa shape index (κ2) is 3.75. The fourth-order valence-electron chi connectivity index (χ4n) is 1.03. The smallest absolute Gasteiger partial charge is 0.329 e. The van der Waals surface area contributed by atoms with E-state index in [9.17, 15) is 4.39 Å². The molecule has 0 fully saturated rings. The number of benzene rings is 1. The number of nitrogens with zero attached hydrogens (tertiary/aromatic N) is 3. The first-order valence-corrected chi connectivity index (χ1v) is 4.04. The molecule has 1 aromatic carbocycles. The first kappa shape index (κ1) is 9.15. The number of hydrogen-bond acceptors (Lipinski definition) is 5. The molecule has 0 radical (unpaired) electrons. The fourth-order valence-corrected chi connectivity index (χ4v) is 1.03. The van der Waals surface area contributed by atoms with Gasteiger partial charge in [-0.25, -0.2) is 9.71 Å². The third-order valence-electron chi connectivity index (χ3n) is 1.68. The van der Waals surface area contributed by atoms with Gasteiger partial charge in [0.15, 0.2) is 6.19 Å². The quantitative estimate of drug-likeness (QED) is 0.596. The van der Waals surface area contributed by atoms with Gasteiger partial charge in [0, 0.05) is 5.56 Å². The molecule has 6 heteroatoms. The molecular formula is C9H5FN4O. The Balaban J connectivity index is 2.30. The normalized spacial score (nSPS) is 9.60. The van der Waals surface area contributed by atoms with Crippen LogP contribution in [0.4, 0.5) is 10.4 Å². The van der Waals surface area contributed by atoms with Crippen molar-refractivity contribution in [1.29, 1.82) is 5.26 Å². The topological polar surface area (TPSA) is 74.7 Å². The lowest BCUT2D eigenvalue weighted by Crippen LogP contribution is -1.85. The molecule has 1 N–H and O–H groups in total. The first-order valence-electron chi connectivity index (χ1n) is 4.04. The highest BCUT2D eigenvalue weighted by atomic mass is 19.1. The summed E-state index contributed by atoms with van der Waals surface area (Å²) in [5.41, 5.74) is 0.592. The van der Waals surface area contributed by atoms with Crippen molar-refractivity contribution in [3.63, 3.8) is 0 Å². The molecule has 5 nitrogen and oxygen atoms in total. The van der Waals surface area contributed by atoms with E-state index in [2.05, 4.69) is 15.5 Å². The van der Waals surface area contributed by atoms with E-state index in [1.807, 2.05) is 0 Å².